The first-order valence-electron chi connectivity index (χ1n) is 10.3. The summed E-state index contributed by atoms with van der Waals surface area (Å²) in [7, 11) is 0. The van der Waals surface area contributed by atoms with Gasteiger partial charge in [-0.25, -0.2) is 0 Å². The minimum Gasteiger partial charge on any atom is -0.352 e. The van der Waals surface area contributed by atoms with Gasteiger partial charge in [-0.15, -0.1) is 0 Å². The molecule has 2 unspecified atom stereocenters. The van der Waals surface area contributed by atoms with Crippen LogP contribution >= 0.6 is 0 Å². The van der Waals surface area contributed by atoms with Gasteiger partial charge < -0.3 is 5.32 Å². The van der Waals surface area contributed by atoms with Gasteiger partial charge in [0.15, 0.2) is 0 Å². The van der Waals surface area contributed by atoms with E-state index in [1.807, 2.05) is 25.1 Å². The van der Waals surface area contributed by atoms with Crippen LogP contribution in [0, 0.1) is 0 Å². The summed E-state index contributed by atoms with van der Waals surface area (Å²) >= 11 is 0. The zero-order valence-electron chi connectivity index (χ0n) is 16.8. The zero-order valence-corrected chi connectivity index (χ0v) is 16.8. The van der Waals surface area contributed by atoms with E-state index in [0.717, 1.165) is 25.1 Å². The molecule has 0 saturated carbocycles. The number of hydrogen-bond donors (Lipinski definition) is 1. The Morgan fingerprint density at radius 2 is 1.67 bits per heavy atom. The molecular weight excluding hydrogens is 332 g/mol. The lowest BCUT2D eigenvalue weighted by molar-refractivity contribution is -0.122. The predicted molar refractivity (Wildman–Crippen MR) is 113 cm³/mol. The fourth-order valence-electron chi connectivity index (χ4n) is 4.11. The van der Waals surface area contributed by atoms with Crippen molar-refractivity contribution in [2.45, 2.75) is 58.0 Å². The van der Waals surface area contributed by atoms with Crippen molar-refractivity contribution in [3.8, 4) is 11.1 Å². The maximum atomic E-state index is 12.7. The molecule has 3 heteroatoms. The lowest BCUT2D eigenvalue weighted by Gasteiger charge is -2.26. The molecule has 144 valence electrons. The molecule has 1 fully saturated rings. The molecule has 1 heterocycles. The number of carbonyl (C=O) groups is 1. The van der Waals surface area contributed by atoms with Gasteiger partial charge >= 0.3 is 0 Å². The second-order valence-corrected chi connectivity index (χ2v) is 7.67. The van der Waals surface area contributed by atoms with Crippen LogP contribution in [-0.2, 0) is 4.79 Å². The van der Waals surface area contributed by atoms with Crippen LogP contribution in [0.25, 0.3) is 11.1 Å². The van der Waals surface area contributed by atoms with Crippen molar-refractivity contribution < 1.29 is 4.79 Å². The number of nitrogens with one attached hydrogen (secondary N) is 1. The summed E-state index contributed by atoms with van der Waals surface area (Å²) in [5, 5.41) is 3.28. The summed E-state index contributed by atoms with van der Waals surface area (Å²) in [5.74, 6) is 0.0101. The maximum Gasteiger partial charge on any atom is 0.227 e. The molecule has 1 saturated heterocycles. The fraction of sp³-hybridized carbons (Fsp3) is 0.458. The largest absolute Gasteiger partial charge is 0.352 e. The first-order valence-corrected chi connectivity index (χ1v) is 10.3. The van der Waals surface area contributed by atoms with E-state index in [-0.39, 0.29) is 17.9 Å². The number of rotatable bonds is 7. The van der Waals surface area contributed by atoms with Gasteiger partial charge in [0.05, 0.1) is 5.92 Å². The highest BCUT2D eigenvalue weighted by Crippen LogP contribution is 2.23. The molecular formula is C24H32N2O. The Labute approximate surface area is 163 Å². The van der Waals surface area contributed by atoms with Gasteiger partial charge in [0, 0.05) is 25.2 Å². The molecule has 3 rings (SSSR count). The smallest absolute Gasteiger partial charge is 0.227 e. The second-order valence-electron chi connectivity index (χ2n) is 7.67. The number of amides is 1. The van der Waals surface area contributed by atoms with E-state index in [1.54, 1.807) is 0 Å². The summed E-state index contributed by atoms with van der Waals surface area (Å²) in [5.41, 5.74) is 3.46. The summed E-state index contributed by atoms with van der Waals surface area (Å²) < 4.78 is 0. The van der Waals surface area contributed by atoms with E-state index in [0.29, 0.717) is 6.04 Å². The van der Waals surface area contributed by atoms with Crippen molar-refractivity contribution in [3.05, 3.63) is 60.2 Å². The van der Waals surface area contributed by atoms with Crippen LogP contribution in [0.2, 0.25) is 0 Å². The van der Waals surface area contributed by atoms with E-state index in [9.17, 15) is 4.79 Å². The molecule has 0 spiro atoms. The standard InChI is InChI=1S/C24H32N2O/c1-4-23(5-2)26-16-15-22(17-26)25-24(27)18(3)19-11-13-21(14-12-19)20-9-7-6-8-10-20/h6-14,18,22-23H,4-5,15-17H2,1-3H3,(H,25,27). The molecule has 0 aliphatic carbocycles. The molecule has 3 nitrogen and oxygen atoms in total. The van der Waals surface area contributed by atoms with Crippen molar-refractivity contribution in [2.24, 2.45) is 0 Å². The summed E-state index contributed by atoms with van der Waals surface area (Å²) in [6, 6.07) is 19.6. The van der Waals surface area contributed by atoms with Crippen LogP contribution in [0.4, 0.5) is 0 Å². The minimum absolute atomic E-state index is 0.128. The number of carbonyl (C=O) groups excluding carboxylic acids is 1. The van der Waals surface area contributed by atoms with Gasteiger partial charge in [0.1, 0.15) is 0 Å². The van der Waals surface area contributed by atoms with Crippen molar-refractivity contribution in [1.82, 2.24) is 10.2 Å². The van der Waals surface area contributed by atoms with Gasteiger partial charge in [0.2, 0.25) is 5.91 Å². The van der Waals surface area contributed by atoms with Crippen molar-refractivity contribution >= 4 is 5.91 Å². The van der Waals surface area contributed by atoms with E-state index in [1.165, 1.54) is 24.0 Å². The molecule has 2 aromatic rings. The SMILES string of the molecule is CCC(CC)N1CCC(NC(=O)C(C)c2ccc(-c3ccccc3)cc2)C1. The number of benzene rings is 2. The molecule has 0 bridgehead atoms. The van der Waals surface area contributed by atoms with Crippen LogP contribution < -0.4 is 5.32 Å². The Balaban J connectivity index is 1.58. The predicted octanol–water partition coefficient (Wildman–Crippen LogP) is 4.84. The highest BCUT2D eigenvalue weighted by Gasteiger charge is 2.28. The topological polar surface area (TPSA) is 32.3 Å². The molecule has 2 atom stereocenters. The Bertz CT molecular complexity index is 722. The molecule has 0 aromatic heterocycles. The molecule has 27 heavy (non-hydrogen) atoms. The molecule has 0 radical (unpaired) electrons. The van der Waals surface area contributed by atoms with Gasteiger partial charge in [-0.1, -0.05) is 68.4 Å². The third-order valence-electron chi connectivity index (χ3n) is 5.94. The van der Waals surface area contributed by atoms with Gasteiger partial charge in [-0.05, 0) is 42.9 Å². The number of nitrogens with zero attached hydrogens (tertiary/aromatic N) is 1. The molecule has 2 aromatic carbocycles. The van der Waals surface area contributed by atoms with Crippen molar-refractivity contribution in [1.29, 1.82) is 0 Å². The summed E-state index contributed by atoms with van der Waals surface area (Å²) in [6.45, 7) is 8.58. The first-order chi connectivity index (χ1) is 13.1. The second kappa shape index (κ2) is 9.18. The highest BCUT2D eigenvalue weighted by molar-refractivity contribution is 5.83. The third-order valence-corrected chi connectivity index (χ3v) is 5.94. The van der Waals surface area contributed by atoms with E-state index in [4.69, 9.17) is 0 Å². The quantitative estimate of drug-likeness (QED) is 0.763. The Kier molecular flexibility index (Phi) is 6.68. The van der Waals surface area contributed by atoms with Crippen molar-refractivity contribution in [3.63, 3.8) is 0 Å². The highest BCUT2D eigenvalue weighted by atomic mass is 16.1. The maximum absolute atomic E-state index is 12.7. The number of likely N-dealkylation sites (tertiary alicyclic amines) is 1. The van der Waals surface area contributed by atoms with Gasteiger partial charge in [-0.3, -0.25) is 9.69 Å². The Hall–Kier alpha value is -2.13. The van der Waals surface area contributed by atoms with E-state index < -0.39 is 0 Å². The minimum atomic E-state index is -0.128. The monoisotopic (exact) mass is 364 g/mol. The lowest BCUT2D eigenvalue weighted by atomic mass is 9.96. The zero-order chi connectivity index (χ0) is 19.2. The Morgan fingerprint density at radius 3 is 2.30 bits per heavy atom. The van der Waals surface area contributed by atoms with Gasteiger partial charge in [0.25, 0.3) is 0 Å². The average Bonchev–Trinajstić information content (AvgIpc) is 3.17. The van der Waals surface area contributed by atoms with Crippen LogP contribution in [-0.4, -0.2) is 36.0 Å². The molecule has 1 aliphatic heterocycles. The summed E-state index contributed by atoms with van der Waals surface area (Å²) in [4.78, 5) is 15.3. The average molecular weight is 365 g/mol. The normalized spacial score (nSPS) is 18.6. The number of hydrogen-bond acceptors (Lipinski definition) is 2. The summed E-state index contributed by atoms with van der Waals surface area (Å²) in [6.07, 6.45) is 3.42. The van der Waals surface area contributed by atoms with Crippen LogP contribution in [0.15, 0.2) is 54.6 Å². The van der Waals surface area contributed by atoms with Crippen LogP contribution in [0.1, 0.15) is 51.5 Å². The van der Waals surface area contributed by atoms with Crippen molar-refractivity contribution in [2.75, 3.05) is 13.1 Å². The molecule has 1 N–H and O–H groups in total. The molecule has 1 amide bonds. The van der Waals surface area contributed by atoms with E-state index >= 15 is 0 Å². The van der Waals surface area contributed by atoms with E-state index in [2.05, 4.69) is 60.5 Å². The lowest BCUT2D eigenvalue weighted by Crippen LogP contribution is -2.41. The fourth-order valence-corrected chi connectivity index (χ4v) is 4.11. The van der Waals surface area contributed by atoms with Gasteiger partial charge in [-0.2, -0.15) is 0 Å². The molecule has 1 aliphatic rings. The Morgan fingerprint density at radius 1 is 1.04 bits per heavy atom. The van der Waals surface area contributed by atoms with Crippen LogP contribution in [0.3, 0.4) is 0 Å². The third kappa shape index (κ3) is 4.78. The first kappa shape index (κ1) is 19.6. The van der Waals surface area contributed by atoms with Crippen LogP contribution in [0.5, 0.6) is 0 Å².